The first-order valence-electron chi connectivity index (χ1n) is 8.26. The Balaban J connectivity index is 1.82. The van der Waals surface area contributed by atoms with Gasteiger partial charge in [-0.3, -0.25) is 4.79 Å². The van der Waals surface area contributed by atoms with Crippen molar-refractivity contribution in [3.8, 4) is 0 Å². The number of aryl methyl sites for hydroxylation is 2. The third kappa shape index (κ3) is 2.74. The minimum atomic E-state index is -0.268. The molecule has 2 aromatic carbocycles. The third-order valence-electron chi connectivity index (χ3n) is 4.77. The molecule has 0 saturated carbocycles. The lowest BCUT2D eigenvalue weighted by atomic mass is 9.96. The van der Waals surface area contributed by atoms with E-state index in [4.69, 9.17) is 11.6 Å². The highest BCUT2D eigenvalue weighted by Crippen LogP contribution is 2.39. The van der Waals surface area contributed by atoms with Gasteiger partial charge in [-0.25, -0.2) is 4.39 Å². The number of nitrogens with zero attached hydrogens (tertiary/aromatic N) is 1. The summed E-state index contributed by atoms with van der Waals surface area (Å²) in [4.78, 5) is 15.6. The van der Waals surface area contributed by atoms with Crippen LogP contribution in [0.5, 0.6) is 0 Å². The molecule has 1 aliphatic heterocycles. The summed E-state index contributed by atoms with van der Waals surface area (Å²) in [6, 6.07) is 10.7. The van der Waals surface area contributed by atoms with E-state index >= 15 is 0 Å². The highest BCUT2D eigenvalue weighted by atomic mass is 35.5. The van der Waals surface area contributed by atoms with Crippen molar-refractivity contribution >= 4 is 44.6 Å². The molecule has 0 aliphatic carbocycles. The summed E-state index contributed by atoms with van der Waals surface area (Å²) in [5.74, 6) is -0.375. The smallest absolute Gasteiger partial charge is 0.270 e. The van der Waals surface area contributed by atoms with Crippen LogP contribution < -0.4 is 4.90 Å². The molecule has 4 rings (SSSR count). The van der Waals surface area contributed by atoms with Gasteiger partial charge in [0.05, 0.1) is 5.02 Å². The number of benzene rings is 2. The fraction of sp³-hybridized carbons (Fsp3) is 0.250. The Morgan fingerprint density at radius 3 is 2.88 bits per heavy atom. The van der Waals surface area contributed by atoms with Crippen LogP contribution in [0.2, 0.25) is 5.02 Å². The quantitative estimate of drug-likeness (QED) is 0.513. The average Bonchev–Trinajstić information content (AvgIpc) is 2.90. The molecule has 0 saturated heterocycles. The molecule has 0 radical (unpaired) electrons. The zero-order chi connectivity index (χ0) is 17.7. The van der Waals surface area contributed by atoms with Gasteiger partial charge in [-0.2, -0.15) is 0 Å². The zero-order valence-electron chi connectivity index (χ0n) is 14.0. The topological polar surface area (TPSA) is 20.3 Å². The van der Waals surface area contributed by atoms with Gasteiger partial charge < -0.3 is 4.90 Å². The van der Waals surface area contributed by atoms with Crippen LogP contribution in [-0.2, 0) is 6.42 Å². The number of amides is 1. The molecule has 128 valence electrons. The number of hydrogen-bond acceptors (Lipinski definition) is 2. The number of rotatable bonds is 1. The van der Waals surface area contributed by atoms with Gasteiger partial charge in [-0.1, -0.05) is 23.7 Å². The summed E-state index contributed by atoms with van der Waals surface area (Å²) in [5.41, 5.74) is 2.80. The van der Waals surface area contributed by atoms with Gasteiger partial charge in [0, 0.05) is 21.8 Å². The highest BCUT2D eigenvalue weighted by molar-refractivity contribution is 7.21. The fourth-order valence-electron chi connectivity index (χ4n) is 3.45. The first-order valence-corrected chi connectivity index (χ1v) is 9.46. The third-order valence-corrected chi connectivity index (χ3v) is 6.42. The standard InChI is InChI=1S/C20H17ClFNOS/c1-11-3-7-15-17(9-11)25-19(18(15)21)20(24)23-12(2)4-5-13-10-14(22)6-8-16(13)23/h3,6-10,12H,4-5H2,1-2H3/t12-/m1/s1. The summed E-state index contributed by atoms with van der Waals surface area (Å²) < 4.78 is 14.6. The number of thiophene rings is 1. The van der Waals surface area contributed by atoms with Crippen molar-refractivity contribution < 1.29 is 9.18 Å². The van der Waals surface area contributed by atoms with Crippen LogP contribution in [-0.4, -0.2) is 11.9 Å². The molecule has 1 aromatic heterocycles. The monoisotopic (exact) mass is 373 g/mol. The molecule has 0 unspecified atom stereocenters. The van der Waals surface area contributed by atoms with Crippen LogP contribution in [0.1, 0.15) is 34.1 Å². The van der Waals surface area contributed by atoms with E-state index in [9.17, 15) is 9.18 Å². The largest absolute Gasteiger partial charge is 0.305 e. The van der Waals surface area contributed by atoms with E-state index in [-0.39, 0.29) is 17.8 Å². The molecular formula is C20H17ClFNOS. The molecule has 1 aliphatic rings. The minimum Gasteiger partial charge on any atom is -0.305 e. The molecule has 0 spiro atoms. The van der Waals surface area contributed by atoms with E-state index in [1.54, 1.807) is 11.0 Å². The zero-order valence-corrected chi connectivity index (χ0v) is 15.5. The van der Waals surface area contributed by atoms with Gasteiger partial charge in [-0.15, -0.1) is 11.3 Å². The van der Waals surface area contributed by atoms with Gasteiger partial charge in [0.25, 0.3) is 5.91 Å². The Morgan fingerprint density at radius 2 is 2.08 bits per heavy atom. The minimum absolute atomic E-state index is 0.0495. The molecule has 3 aromatic rings. The summed E-state index contributed by atoms with van der Waals surface area (Å²) >= 11 is 7.95. The summed E-state index contributed by atoms with van der Waals surface area (Å²) in [6.07, 6.45) is 1.58. The Kier molecular flexibility index (Phi) is 4.05. The second-order valence-electron chi connectivity index (χ2n) is 6.58. The molecule has 1 amide bonds. The second-order valence-corrected chi connectivity index (χ2v) is 8.01. The predicted molar refractivity (Wildman–Crippen MR) is 103 cm³/mol. The molecule has 0 bridgehead atoms. The van der Waals surface area contributed by atoms with Crippen molar-refractivity contribution in [2.45, 2.75) is 32.7 Å². The van der Waals surface area contributed by atoms with Gasteiger partial charge in [0.2, 0.25) is 0 Å². The lowest BCUT2D eigenvalue weighted by Crippen LogP contribution is -2.42. The van der Waals surface area contributed by atoms with Crippen LogP contribution in [0.25, 0.3) is 10.1 Å². The first-order chi connectivity index (χ1) is 12.0. The van der Waals surface area contributed by atoms with Crippen LogP contribution in [0.4, 0.5) is 10.1 Å². The van der Waals surface area contributed by atoms with E-state index < -0.39 is 0 Å². The normalized spacial score (nSPS) is 17.0. The van der Waals surface area contributed by atoms with E-state index in [2.05, 4.69) is 0 Å². The van der Waals surface area contributed by atoms with E-state index in [1.165, 1.54) is 23.5 Å². The van der Waals surface area contributed by atoms with E-state index in [0.717, 1.165) is 39.7 Å². The van der Waals surface area contributed by atoms with Crippen molar-refractivity contribution in [2.24, 2.45) is 0 Å². The molecule has 0 N–H and O–H groups in total. The number of hydrogen-bond donors (Lipinski definition) is 0. The summed E-state index contributed by atoms with van der Waals surface area (Å²) in [6.45, 7) is 4.04. The molecular weight excluding hydrogens is 357 g/mol. The summed E-state index contributed by atoms with van der Waals surface area (Å²) in [5, 5.41) is 1.41. The van der Waals surface area contributed by atoms with Gasteiger partial charge in [0.15, 0.2) is 0 Å². The Labute approximate surface area is 154 Å². The van der Waals surface area contributed by atoms with Crippen molar-refractivity contribution in [3.63, 3.8) is 0 Å². The maximum absolute atomic E-state index is 13.6. The number of carbonyl (C=O) groups is 1. The molecule has 2 heterocycles. The lowest BCUT2D eigenvalue weighted by Gasteiger charge is -2.35. The maximum atomic E-state index is 13.6. The molecule has 0 fully saturated rings. The molecule has 2 nitrogen and oxygen atoms in total. The van der Waals surface area contributed by atoms with Crippen LogP contribution in [0, 0.1) is 12.7 Å². The first kappa shape index (κ1) is 16.6. The maximum Gasteiger partial charge on any atom is 0.270 e. The molecule has 1 atom stereocenters. The van der Waals surface area contributed by atoms with Crippen LogP contribution in [0.3, 0.4) is 0 Å². The second kappa shape index (κ2) is 6.11. The number of anilines is 1. The number of carbonyl (C=O) groups excluding carboxylic acids is 1. The highest BCUT2D eigenvalue weighted by Gasteiger charge is 2.31. The van der Waals surface area contributed by atoms with Crippen molar-refractivity contribution in [1.82, 2.24) is 0 Å². The fourth-order valence-corrected chi connectivity index (χ4v) is 5.00. The predicted octanol–water partition coefficient (Wildman–Crippen LogP) is 5.98. The van der Waals surface area contributed by atoms with Gasteiger partial charge in [0.1, 0.15) is 10.7 Å². The average molecular weight is 374 g/mol. The van der Waals surface area contributed by atoms with Crippen molar-refractivity contribution in [2.75, 3.05) is 4.90 Å². The molecule has 5 heteroatoms. The number of halogens is 2. The summed E-state index contributed by atoms with van der Waals surface area (Å²) in [7, 11) is 0. The van der Waals surface area contributed by atoms with Crippen LogP contribution in [0.15, 0.2) is 36.4 Å². The van der Waals surface area contributed by atoms with Gasteiger partial charge in [-0.05, 0) is 62.1 Å². The van der Waals surface area contributed by atoms with Crippen molar-refractivity contribution in [1.29, 1.82) is 0 Å². The Morgan fingerprint density at radius 1 is 1.28 bits per heavy atom. The lowest BCUT2D eigenvalue weighted by molar-refractivity contribution is 0.0979. The SMILES string of the molecule is Cc1ccc2c(Cl)c(C(=O)N3c4ccc(F)cc4CC[C@H]3C)sc2c1. The van der Waals surface area contributed by atoms with E-state index in [1.807, 2.05) is 32.0 Å². The van der Waals surface area contributed by atoms with Crippen molar-refractivity contribution in [3.05, 3.63) is 63.2 Å². The molecule has 25 heavy (non-hydrogen) atoms. The number of fused-ring (bicyclic) bond motifs is 2. The van der Waals surface area contributed by atoms with E-state index in [0.29, 0.717) is 9.90 Å². The Hall–Kier alpha value is -1.91. The van der Waals surface area contributed by atoms with Crippen LogP contribution >= 0.6 is 22.9 Å². The van der Waals surface area contributed by atoms with Gasteiger partial charge >= 0.3 is 0 Å². The Bertz CT molecular complexity index is 997.